The number of hydrogen-bond acceptors (Lipinski definition) is 6. The lowest BCUT2D eigenvalue weighted by molar-refractivity contribution is -0.125. The Hall–Kier alpha value is -2.64. The van der Waals surface area contributed by atoms with Gasteiger partial charge in [0.2, 0.25) is 11.8 Å². The van der Waals surface area contributed by atoms with E-state index in [1.165, 1.54) is 0 Å². The summed E-state index contributed by atoms with van der Waals surface area (Å²) in [5.41, 5.74) is 1.69. The van der Waals surface area contributed by atoms with Crippen molar-refractivity contribution in [3.05, 3.63) is 47.7 Å². The first-order chi connectivity index (χ1) is 14.1. The number of carbonyl (C=O) groups is 1. The van der Waals surface area contributed by atoms with Crippen molar-refractivity contribution in [3.8, 4) is 11.6 Å². The van der Waals surface area contributed by atoms with Crippen molar-refractivity contribution in [2.75, 3.05) is 46.0 Å². The number of nitrogens with one attached hydrogen (secondary N) is 1. The second kappa shape index (κ2) is 9.71. The Morgan fingerprint density at radius 1 is 1.10 bits per heavy atom. The van der Waals surface area contributed by atoms with Crippen LogP contribution in [-0.2, 0) is 19.7 Å². The van der Waals surface area contributed by atoms with Crippen molar-refractivity contribution in [2.24, 2.45) is 0 Å². The van der Waals surface area contributed by atoms with E-state index in [1.54, 1.807) is 20.3 Å². The standard InChI is InChI=1S/C22H28N2O5/c1-16-19(8-9-20(23-16)29-15-14-26-2)24-21(25)22(10-12-28-13-11-22)17-4-6-18(27-3)7-5-17/h4-9H,10-15H2,1-3H3,(H,24,25). The average Bonchev–Trinajstić information content (AvgIpc) is 2.76. The minimum atomic E-state index is -0.648. The second-order valence-corrected chi connectivity index (χ2v) is 7.00. The molecule has 2 heterocycles. The topological polar surface area (TPSA) is 78.9 Å². The molecule has 7 nitrogen and oxygen atoms in total. The molecule has 0 unspecified atom stereocenters. The van der Waals surface area contributed by atoms with Crippen molar-refractivity contribution in [3.63, 3.8) is 0 Å². The van der Waals surface area contributed by atoms with Gasteiger partial charge in [0, 0.05) is 26.4 Å². The number of carbonyl (C=O) groups excluding carboxylic acids is 1. The number of benzene rings is 1. The molecule has 0 saturated carbocycles. The largest absolute Gasteiger partial charge is 0.497 e. The van der Waals surface area contributed by atoms with Crippen LogP contribution in [0.15, 0.2) is 36.4 Å². The Morgan fingerprint density at radius 2 is 1.83 bits per heavy atom. The number of rotatable bonds is 8. The molecule has 1 fully saturated rings. The van der Waals surface area contributed by atoms with Crippen LogP contribution in [-0.4, -0.2) is 51.5 Å². The zero-order chi connectivity index (χ0) is 20.7. The Morgan fingerprint density at radius 3 is 2.45 bits per heavy atom. The fourth-order valence-electron chi connectivity index (χ4n) is 3.50. The molecule has 0 atom stereocenters. The molecular formula is C22H28N2O5. The van der Waals surface area contributed by atoms with Crippen molar-refractivity contribution in [1.29, 1.82) is 0 Å². The second-order valence-electron chi connectivity index (χ2n) is 7.00. The van der Waals surface area contributed by atoms with Crippen molar-refractivity contribution in [2.45, 2.75) is 25.2 Å². The van der Waals surface area contributed by atoms with Gasteiger partial charge < -0.3 is 24.3 Å². The molecule has 0 spiro atoms. The molecule has 0 radical (unpaired) electrons. The molecule has 1 aliphatic rings. The molecule has 1 saturated heterocycles. The third kappa shape index (κ3) is 4.86. The van der Waals surface area contributed by atoms with Gasteiger partial charge in [-0.25, -0.2) is 4.98 Å². The number of nitrogens with zero attached hydrogens (tertiary/aromatic N) is 1. The van der Waals surface area contributed by atoms with Gasteiger partial charge in [-0.3, -0.25) is 4.79 Å². The normalized spacial score (nSPS) is 15.6. The van der Waals surface area contributed by atoms with Gasteiger partial charge in [0.15, 0.2) is 0 Å². The highest BCUT2D eigenvalue weighted by Crippen LogP contribution is 2.37. The summed E-state index contributed by atoms with van der Waals surface area (Å²) in [6.07, 6.45) is 1.24. The number of hydrogen-bond donors (Lipinski definition) is 1. The zero-order valence-corrected chi connectivity index (χ0v) is 17.2. The first-order valence-electron chi connectivity index (χ1n) is 9.72. The van der Waals surface area contributed by atoms with Gasteiger partial charge in [0.1, 0.15) is 12.4 Å². The summed E-state index contributed by atoms with van der Waals surface area (Å²) < 4.78 is 21.3. The van der Waals surface area contributed by atoms with Gasteiger partial charge in [-0.05, 0) is 43.5 Å². The monoisotopic (exact) mass is 400 g/mol. The first-order valence-corrected chi connectivity index (χ1v) is 9.72. The van der Waals surface area contributed by atoms with Crippen molar-refractivity contribution < 1.29 is 23.7 Å². The Bertz CT molecular complexity index is 816. The van der Waals surface area contributed by atoms with Crippen LogP contribution in [0.25, 0.3) is 0 Å². The van der Waals surface area contributed by atoms with E-state index in [9.17, 15) is 4.79 Å². The van der Waals surface area contributed by atoms with Crippen LogP contribution >= 0.6 is 0 Å². The Balaban J connectivity index is 1.80. The Kier molecular flexibility index (Phi) is 7.06. The van der Waals surface area contributed by atoms with Gasteiger partial charge in [-0.2, -0.15) is 0 Å². The molecule has 29 heavy (non-hydrogen) atoms. The number of anilines is 1. The summed E-state index contributed by atoms with van der Waals surface area (Å²) in [5, 5.41) is 3.07. The lowest BCUT2D eigenvalue weighted by Crippen LogP contribution is -2.45. The molecule has 7 heteroatoms. The van der Waals surface area contributed by atoms with Gasteiger partial charge in [0.25, 0.3) is 0 Å². The summed E-state index contributed by atoms with van der Waals surface area (Å²) >= 11 is 0. The van der Waals surface area contributed by atoms with E-state index in [4.69, 9.17) is 18.9 Å². The minimum Gasteiger partial charge on any atom is -0.497 e. The molecule has 1 amide bonds. The maximum Gasteiger partial charge on any atom is 0.235 e. The summed E-state index contributed by atoms with van der Waals surface area (Å²) in [6.45, 7) is 3.86. The molecule has 1 N–H and O–H groups in total. The number of aryl methyl sites for hydroxylation is 1. The first kappa shape index (κ1) is 21.1. The predicted molar refractivity (Wildman–Crippen MR) is 110 cm³/mol. The smallest absolute Gasteiger partial charge is 0.235 e. The van der Waals surface area contributed by atoms with E-state index in [0.29, 0.717) is 56.5 Å². The van der Waals surface area contributed by atoms with Crippen LogP contribution in [0.4, 0.5) is 5.69 Å². The number of amides is 1. The van der Waals surface area contributed by atoms with Gasteiger partial charge in [-0.15, -0.1) is 0 Å². The zero-order valence-electron chi connectivity index (χ0n) is 17.2. The van der Waals surface area contributed by atoms with Gasteiger partial charge in [0.05, 0.1) is 30.5 Å². The van der Waals surface area contributed by atoms with E-state index >= 15 is 0 Å². The van der Waals surface area contributed by atoms with E-state index in [1.807, 2.05) is 37.3 Å². The molecule has 3 rings (SSSR count). The predicted octanol–water partition coefficient (Wildman–Crippen LogP) is 3.11. The number of aromatic nitrogens is 1. The Labute approximate surface area is 171 Å². The van der Waals surface area contributed by atoms with Crippen molar-refractivity contribution >= 4 is 11.6 Å². The maximum absolute atomic E-state index is 13.4. The summed E-state index contributed by atoms with van der Waals surface area (Å²) in [5.74, 6) is 1.22. The van der Waals surface area contributed by atoms with Crippen LogP contribution in [0, 0.1) is 6.92 Å². The van der Waals surface area contributed by atoms with E-state index < -0.39 is 5.41 Å². The maximum atomic E-state index is 13.4. The van der Waals surface area contributed by atoms with Crippen LogP contribution in [0.2, 0.25) is 0 Å². The molecule has 2 aromatic rings. The highest BCUT2D eigenvalue weighted by atomic mass is 16.5. The molecule has 1 aromatic carbocycles. The fraction of sp³-hybridized carbons (Fsp3) is 0.455. The van der Waals surface area contributed by atoms with Crippen LogP contribution in [0.3, 0.4) is 0 Å². The lowest BCUT2D eigenvalue weighted by atomic mass is 9.73. The minimum absolute atomic E-state index is 0.0519. The highest BCUT2D eigenvalue weighted by molar-refractivity contribution is 5.99. The quantitative estimate of drug-likeness (QED) is 0.686. The summed E-state index contributed by atoms with van der Waals surface area (Å²) in [4.78, 5) is 17.8. The summed E-state index contributed by atoms with van der Waals surface area (Å²) in [6, 6.07) is 11.3. The fourth-order valence-corrected chi connectivity index (χ4v) is 3.50. The van der Waals surface area contributed by atoms with E-state index in [2.05, 4.69) is 10.3 Å². The third-order valence-electron chi connectivity index (χ3n) is 5.27. The van der Waals surface area contributed by atoms with Gasteiger partial charge >= 0.3 is 0 Å². The molecule has 156 valence electrons. The van der Waals surface area contributed by atoms with Crippen molar-refractivity contribution in [1.82, 2.24) is 4.98 Å². The van der Waals surface area contributed by atoms with Gasteiger partial charge in [-0.1, -0.05) is 12.1 Å². The average molecular weight is 400 g/mol. The van der Waals surface area contributed by atoms with E-state index in [-0.39, 0.29) is 5.91 Å². The summed E-state index contributed by atoms with van der Waals surface area (Å²) in [7, 11) is 3.25. The lowest BCUT2D eigenvalue weighted by Gasteiger charge is -2.36. The molecule has 1 aliphatic heterocycles. The number of methoxy groups -OCH3 is 2. The van der Waals surface area contributed by atoms with Crippen LogP contribution in [0.1, 0.15) is 24.1 Å². The molecule has 0 aliphatic carbocycles. The third-order valence-corrected chi connectivity index (χ3v) is 5.27. The molecule has 0 bridgehead atoms. The molecule has 1 aromatic heterocycles. The number of pyridine rings is 1. The SMILES string of the molecule is COCCOc1ccc(NC(=O)C2(c3ccc(OC)cc3)CCOCC2)c(C)n1. The molecular weight excluding hydrogens is 372 g/mol. The van der Waals surface area contributed by atoms with E-state index in [0.717, 1.165) is 11.3 Å². The number of ether oxygens (including phenoxy) is 4. The highest BCUT2D eigenvalue weighted by Gasteiger charge is 2.42. The van der Waals surface area contributed by atoms with Crippen LogP contribution < -0.4 is 14.8 Å². The van der Waals surface area contributed by atoms with Crippen LogP contribution in [0.5, 0.6) is 11.6 Å².